The quantitative estimate of drug-likeness (QED) is 0.836. The molecular formula is C18H22ClN3O2S. The highest BCUT2D eigenvalue weighted by Crippen LogP contribution is 2.30. The molecule has 2 aromatic rings. The first-order chi connectivity index (χ1) is 11.7. The van der Waals surface area contributed by atoms with Crippen LogP contribution in [0.3, 0.4) is 0 Å². The van der Waals surface area contributed by atoms with Gasteiger partial charge in [0, 0.05) is 16.5 Å². The van der Waals surface area contributed by atoms with Crippen molar-refractivity contribution in [2.24, 2.45) is 0 Å². The van der Waals surface area contributed by atoms with E-state index in [2.05, 4.69) is 15.6 Å². The molecule has 1 aromatic heterocycles. The van der Waals surface area contributed by atoms with Crippen LogP contribution < -0.4 is 10.6 Å². The van der Waals surface area contributed by atoms with Gasteiger partial charge in [-0.25, -0.2) is 4.98 Å². The van der Waals surface area contributed by atoms with E-state index >= 15 is 0 Å². The van der Waals surface area contributed by atoms with Crippen LogP contribution in [-0.4, -0.2) is 28.4 Å². The van der Waals surface area contributed by atoms with E-state index in [1.54, 1.807) is 13.0 Å². The SMILES string of the molecule is CC(NC(=O)Cc1csc(-c2ccccc2Cl)n1)C(=O)NC(C)(C)C. The number of thiazole rings is 1. The van der Waals surface area contributed by atoms with Gasteiger partial charge in [0.15, 0.2) is 0 Å². The van der Waals surface area contributed by atoms with Crippen LogP contribution >= 0.6 is 22.9 Å². The fraction of sp³-hybridized carbons (Fsp3) is 0.389. The Hall–Kier alpha value is -1.92. The van der Waals surface area contributed by atoms with E-state index in [1.807, 2.05) is 44.4 Å². The smallest absolute Gasteiger partial charge is 0.242 e. The zero-order valence-electron chi connectivity index (χ0n) is 14.7. The minimum Gasteiger partial charge on any atom is -0.350 e. The van der Waals surface area contributed by atoms with E-state index in [4.69, 9.17) is 11.6 Å². The number of nitrogens with zero attached hydrogens (tertiary/aromatic N) is 1. The van der Waals surface area contributed by atoms with Crippen LogP contribution in [0.2, 0.25) is 5.02 Å². The maximum Gasteiger partial charge on any atom is 0.242 e. The molecule has 0 aliphatic heterocycles. The van der Waals surface area contributed by atoms with Crippen molar-refractivity contribution in [2.45, 2.75) is 45.7 Å². The summed E-state index contributed by atoms with van der Waals surface area (Å²) < 4.78 is 0. The third-order valence-electron chi connectivity index (χ3n) is 3.27. The summed E-state index contributed by atoms with van der Waals surface area (Å²) in [7, 11) is 0. The van der Waals surface area contributed by atoms with Crippen LogP contribution in [0.25, 0.3) is 10.6 Å². The number of halogens is 1. The Labute approximate surface area is 156 Å². The van der Waals surface area contributed by atoms with Crippen LogP contribution in [-0.2, 0) is 16.0 Å². The monoisotopic (exact) mass is 379 g/mol. The first-order valence-corrected chi connectivity index (χ1v) is 9.22. The van der Waals surface area contributed by atoms with Crippen molar-refractivity contribution in [3.63, 3.8) is 0 Å². The zero-order valence-corrected chi connectivity index (χ0v) is 16.3. The van der Waals surface area contributed by atoms with Gasteiger partial charge in [0.1, 0.15) is 11.0 Å². The maximum atomic E-state index is 12.2. The Morgan fingerprint density at radius 1 is 1.28 bits per heavy atom. The number of rotatable bonds is 5. The second-order valence-electron chi connectivity index (χ2n) is 6.83. The number of carbonyl (C=O) groups excluding carboxylic acids is 2. The summed E-state index contributed by atoms with van der Waals surface area (Å²) in [5.41, 5.74) is 1.16. The number of hydrogen-bond acceptors (Lipinski definition) is 4. The van der Waals surface area contributed by atoms with Gasteiger partial charge in [0.25, 0.3) is 0 Å². The molecule has 1 atom stereocenters. The molecule has 0 saturated carbocycles. The van der Waals surface area contributed by atoms with Crippen molar-refractivity contribution in [2.75, 3.05) is 0 Å². The van der Waals surface area contributed by atoms with E-state index in [0.717, 1.165) is 10.6 Å². The average molecular weight is 380 g/mol. The summed E-state index contributed by atoms with van der Waals surface area (Å²) in [4.78, 5) is 28.6. The van der Waals surface area contributed by atoms with Crippen molar-refractivity contribution in [3.05, 3.63) is 40.4 Å². The molecule has 1 heterocycles. The lowest BCUT2D eigenvalue weighted by Gasteiger charge is -2.23. The number of nitrogens with one attached hydrogen (secondary N) is 2. The number of benzene rings is 1. The Bertz CT molecular complexity index is 768. The van der Waals surface area contributed by atoms with E-state index in [1.165, 1.54) is 11.3 Å². The Balaban J connectivity index is 1.96. The first kappa shape index (κ1) is 19.4. The number of carbonyl (C=O) groups is 2. The van der Waals surface area contributed by atoms with Crippen molar-refractivity contribution < 1.29 is 9.59 Å². The minimum absolute atomic E-state index is 0.119. The van der Waals surface area contributed by atoms with Crippen LogP contribution in [0.4, 0.5) is 0 Å². The van der Waals surface area contributed by atoms with Gasteiger partial charge in [-0.15, -0.1) is 11.3 Å². The van der Waals surface area contributed by atoms with E-state index < -0.39 is 6.04 Å². The number of hydrogen-bond donors (Lipinski definition) is 2. The zero-order chi connectivity index (χ0) is 18.6. The molecule has 0 spiro atoms. The third kappa shape index (κ3) is 5.83. The number of amides is 2. The highest BCUT2D eigenvalue weighted by atomic mass is 35.5. The van der Waals surface area contributed by atoms with Gasteiger partial charge < -0.3 is 10.6 Å². The second kappa shape index (κ2) is 7.97. The molecular weight excluding hydrogens is 358 g/mol. The summed E-state index contributed by atoms with van der Waals surface area (Å²) in [5.74, 6) is -0.455. The predicted octanol–water partition coefficient (Wildman–Crippen LogP) is 3.43. The van der Waals surface area contributed by atoms with Crippen LogP contribution in [0.5, 0.6) is 0 Å². The van der Waals surface area contributed by atoms with Gasteiger partial charge >= 0.3 is 0 Å². The minimum atomic E-state index is -0.603. The van der Waals surface area contributed by atoms with Crippen LogP contribution in [0.1, 0.15) is 33.4 Å². The van der Waals surface area contributed by atoms with Gasteiger partial charge in [-0.1, -0.05) is 29.8 Å². The van der Waals surface area contributed by atoms with Gasteiger partial charge in [-0.05, 0) is 33.8 Å². The van der Waals surface area contributed by atoms with Crippen molar-refractivity contribution >= 4 is 34.8 Å². The van der Waals surface area contributed by atoms with Gasteiger partial charge in [0.05, 0.1) is 17.1 Å². The fourth-order valence-corrected chi connectivity index (χ4v) is 3.29. The van der Waals surface area contributed by atoms with Crippen LogP contribution in [0, 0.1) is 0 Å². The highest BCUT2D eigenvalue weighted by molar-refractivity contribution is 7.13. The standard InChI is InChI=1S/C18H22ClN3O2S/c1-11(16(24)22-18(2,3)4)20-15(23)9-12-10-25-17(21-12)13-7-5-6-8-14(13)19/h5-8,10-11H,9H2,1-4H3,(H,20,23)(H,22,24). The molecule has 0 aliphatic rings. The lowest BCUT2D eigenvalue weighted by Crippen LogP contribution is -2.51. The average Bonchev–Trinajstić information content (AvgIpc) is 2.93. The third-order valence-corrected chi connectivity index (χ3v) is 4.52. The molecule has 2 rings (SSSR count). The van der Waals surface area contributed by atoms with E-state index in [9.17, 15) is 9.59 Å². The molecule has 2 amide bonds. The second-order valence-corrected chi connectivity index (χ2v) is 8.09. The lowest BCUT2D eigenvalue weighted by atomic mass is 10.1. The first-order valence-electron chi connectivity index (χ1n) is 7.96. The van der Waals surface area contributed by atoms with Gasteiger partial charge in [-0.3, -0.25) is 9.59 Å². The van der Waals surface area contributed by atoms with Gasteiger partial charge in [-0.2, -0.15) is 0 Å². The lowest BCUT2D eigenvalue weighted by molar-refractivity contribution is -0.129. The topological polar surface area (TPSA) is 71.1 Å². The fourth-order valence-electron chi connectivity index (χ4n) is 2.15. The Kier molecular flexibility index (Phi) is 6.19. The summed E-state index contributed by atoms with van der Waals surface area (Å²) in [5, 5.41) is 8.76. The van der Waals surface area contributed by atoms with Crippen LogP contribution in [0.15, 0.2) is 29.6 Å². The molecule has 2 N–H and O–H groups in total. The highest BCUT2D eigenvalue weighted by Gasteiger charge is 2.21. The summed E-state index contributed by atoms with van der Waals surface area (Å²) >= 11 is 7.61. The predicted molar refractivity (Wildman–Crippen MR) is 102 cm³/mol. The van der Waals surface area contributed by atoms with E-state index in [0.29, 0.717) is 10.7 Å². The van der Waals surface area contributed by atoms with Crippen molar-refractivity contribution in [1.29, 1.82) is 0 Å². The molecule has 5 nitrogen and oxygen atoms in total. The van der Waals surface area contributed by atoms with E-state index in [-0.39, 0.29) is 23.8 Å². The molecule has 7 heteroatoms. The summed E-state index contributed by atoms with van der Waals surface area (Å²) in [6.45, 7) is 7.34. The molecule has 0 radical (unpaired) electrons. The molecule has 1 unspecified atom stereocenters. The van der Waals surface area contributed by atoms with Crippen molar-refractivity contribution in [1.82, 2.24) is 15.6 Å². The Morgan fingerprint density at radius 2 is 1.96 bits per heavy atom. The molecule has 25 heavy (non-hydrogen) atoms. The summed E-state index contributed by atoms with van der Waals surface area (Å²) in [6, 6.07) is 6.85. The largest absolute Gasteiger partial charge is 0.350 e. The number of aromatic nitrogens is 1. The maximum absolute atomic E-state index is 12.2. The molecule has 0 aliphatic carbocycles. The normalized spacial score (nSPS) is 12.5. The summed E-state index contributed by atoms with van der Waals surface area (Å²) in [6.07, 6.45) is 0.119. The Morgan fingerprint density at radius 3 is 2.60 bits per heavy atom. The van der Waals surface area contributed by atoms with Gasteiger partial charge in [0.2, 0.25) is 11.8 Å². The van der Waals surface area contributed by atoms with Crippen molar-refractivity contribution in [3.8, 4) is 10.6 Å². The molecule has 0 fully saturated rings. The molecule has 0 bridgehead atoms. The molecule has 0 saturated heterocycles. The molecule has 134 valence electrons. The molecule has 1 aromatic carbocycles.